The van der Waals surface area contributed by atoms with Crippen LogP contribution in [0, 0.1) is 0 Å². The van der Waals surface area contributed by atoms with Gasteiger partial charge in [-0.15, -0.1) is 0 Å². The van der Waals surface area contributed by atoms with E-state index in [-0.39, 0.29) is 0 Å². The summed E-state index contributed by atoms with van der Waals surface area (Å²) in [5, 5.41) is 28.8. The van der Waals surface area contributed by atoms with Gasteiger partial charge in [-0.2, -0.15) is 0 Å². The molecule has 0 aromatic carbocycles. The van der Waals surface area contributed by atoms with E-state index < -0.39 is 36.5 Å². The molecular formula is C8H15NO5. The van der Waals surface area contributed by atoms with E-state index >= 15 is 0 Å². The van der Waals surface area contributed by atoms with Gasteiger partial charge in [0, 0.05) is 6.92 Å². The molecule has 6 nitrogen and oxygen atoms in total. The quantitative estimate of drug-likeness (QED) is 0.407. The first-order valence-corrected chi connectivity index (χ1v) is 4.18. The van der Waals surface area contributed by atoms with Crippen molar-refractivity contribution in [1.29, 1.82) is 0 Å². The molecule has 0 aliphatic carbocycles. The lowest BCUT2D eigenvalue weighted by Crippen LogP contribution is -2.51. The Morgan fingerprint density at radius 1 is 1.36 bits per heavy atom. The van der Waals surface area contributed by atoms with Gasteiger partial charge < -0.3 is 20.6 Å². The van der Waals surface area contributed by atoms with Gasteiger partial charge in [-0.05, 0) is 6.92 Å². The van der Waals surface area contributed by atoms with E-state index in [2.05, 4.69) is 5.32 Å². The van der Waals surface area contributed by atoms with Crippen LogP contribution in [0.2, 0.25) is 0 Å². The molecule has 3 atom stereocenters. The van der Waals surface area contributed by atoms with Gasteiger partial charge in [0.2, 0.25) is 5.91 Å². The Kier molecular flexibility index (Phi) is 5.29. The van der Waals surface area contributed by atoms with Gasteiger partial charge in [-0.1, -0.05) is 0 Å². The van der Waals surface area contributed by atoms with Crippen molar-refractivity contribution in [3.63, 3.8) is 0 Å². The number of amides is 1. The number of hydrogen-bond donors (Lipinski definition) is 4. The van der Waals surface area contributed by atoms with Crippen LogP contribution in [0.4, 0.5) is 0 Å². The molecule has 14 heavy (non-hydrogen) atoms. The highest BCUT2D eigenvalue weighted by atomic mass is 16.3. The average Bonchev–Trinajstić information content (AvgIpc) is 2.11. The standard InChI is InChI=1S/C8H15NO5/c1-4(11)7(9-5(2)12)8(14)6(13)3-10/h4,6-7,10-11,13H,3H2,1-2H3,(H,9,12)/t4-,6-,7-/m1/s1. The second kappa shape index (κ2) is 5.69. The number of nitrogens with one attached hydrogen (secondary N) is 1. The molecule has 0 radical (unpaired) electrons. The van der Waals surface area contributed by atoms with Gasteiger partial charge in [-0.3, -0.25) is 9.59 Å². The zero-order valence-electron chi connectivity index (χ0n) is 8.10. The van der Waals surface area contributed by atoms with Gasteiger partial charge >= 0.3 is 0 Å². The fourth-order valence-electron chi connectivity index (χ4n) is 0.946. The number of ketones is 1. The van der Waals surface area contributed by atoms with Crippen molar-refractivity contribution < 1.29 is 24.9 Å². The van der Waals surface area contributed by atoms with Crippen LogP contribution in [0.25, 0.3) is 0 Å². The van der Waals surface area contributed by atoms with Crippen molar-refractivity contribution >= 4 is 11.7 Å². The molecule has 0 unspecified atom stereocenters. The second-order valence-electron chi connectivity index (χ2n) is 3.02. The summed E-state index contributed by atoms with van der Waals surface area (Å²) < 4.78 is 0. The van der Waals surface area contributed by atoms with Crippen LogP contribution in [0.15, 0.2) is 0 Å². The molecule has 0 spiro atoms. The zero-order chi connectivity index (χ0) is 11.3. The highest BCUT2D eigenvalue weighted by molar-refractivity contribution is 5.91. The van der Waals surface area contributed by atoms with Crippen LogP contribution >= 0.6 is 0 Å². The number of aliphatic hydroxyl groups excluding tert-OH is 3. The predicted octanol–water partition coefficient (Wildman–Crippen LogP) is -2.21. The molecule has 82 valence electrons. The van der Waals surface area contributed by atoms with E-state index in [1.165, 1.54) is 13.8 Å². The second-order valence-corrected chi connectivity index (χ2v) is 3.02. The lowest BCUT2D eigenvalue weighted by molar-refractivity contribution is -0.136. The first-order valence-electron chi connectivity index (χ1n) is 4.18. The molecule has 0 aromatic heterocycles. The summed E-state index contributed by atoms with van der Waals surface area (Å²) in [6, 6.07) is -1.19. The molecule has 6 heteroatoms. The summed E-state index contributed by atoms with van der Waals surface area (Å²) in [7, 11) is 0. The van der Waals surface area contributed by atoms with Crippen LogP contribution in [0.1, 0.15) is 13.8 Å². The molecule has 0 rings (SSSR count). The number of carbonyl (C=O) groups is 2. The highest BCUT2D eigenvalue weighted by Gasteiger charge is 2.29. The van der Waals surface area contributed by atoms with Crippen LogP contribution in [0.3, 0.4) is 0 Å². The Hall–Kier alpha value is -0.980. The molecule has 0 aliphatic rings. The van der Waals surface area contributed by atoms with Crippen molar-refractivity contribution in [3.05, 3.63) is 0 Å². The molecule has 4 N–H and O–H groups in total. The molecule has 0 fully saturated rings. The summed E-state index contributed by atoms with van der Waals surface area (Å²) in [5.41, 5.74) is 0. The largest absolute Gasteiger partial charge is 0.393 e. The van der Waals surface area contributed by atoms with Gasteiger partial charge in [0.1, 0.15) is 12.1 Å². The van der Waals surface area contributed by atoms with Crippen molar-refractivity contribution in [1.82, 2.24) is 5.32 Å². The van der Waals surface area contributed by atoms with Crippen molar-refractivity contribution in [2.75, 3.05) is 6.61 Å². The fraction of sp³-hybridized carbons (Fsp3) is 0.750. The minimum atomic E-state index is -1.58. The van der Waals surface area contributed by atoms with Gasteiger partial charge in [0.05, 0.1) is 12.7 Å². The van der Waals surface area contributed by atoms with Gasteiger partial charge in [-0.25, -0.2) is 0 Å². The molecule has 0 bridgehead atoms. The van der Waals surface area contributed by atoms with Crippen LogP contribution in [0.5, 0.6) is 0 Å². The summed E-state index contributed by atoms with van der Waals surface area (Å²) in [5.74, 6) is -1.30. The van der Waals surface area contributed by atoms with Crippen LogP contribution in [-0.2, 0) is 9.59 Å². The molecule has 0 saturated carbocycles. The third kappa shape index (κ3) is 3.82. The topological polar surface area (TPSA) is 107 Å². The van der Waals surface area contributed by atoms with E-state index in [0.717, 1.165) is 0 Å². The molecular weight excluding hydrogens is 190 g/mol. The Labute approximate surface area is 81.5 Å². The first kappa shape index (κ1) is 13.0. The van der Waals surface area contributed by atoms with E-state index in [4.69, 9.17) is 15.3 Å². The average molecular weight is 205 g/mol. The number of Topliss-reactive ketones (excluding diaryl/α,β-unsaturated/α-hetero) is 1. The monoisotopic (exact) mass is 205 g/mol. The van der Waals surface area contributed by atoms with E-state index in [1.54, 1.807) is 0 Å². The number of hydrogen-bond acceptors (Lipinski definition) is 5. The normalized spacial score (nSPS) is 16.9. The molecule has 0 aliphatic heterocycles. The minimum Gasteiger partial charge on any atom is -0.393 e. The number of aliphatic hydroxyl groups is 3. The zero-order valence-corrected chi connectivity index (χ0v) is 8.10. The summed E-state index contributed by atoms with van der Waals surface area (Å²) in [6.07, 6.45) is -2.70. The summed E-state index contributed by atoms with van der Waals surface area (Å²) >= 11 is 0. The van der Waals surface area contributed by atoms with Gasteiger partial charge in [0.15, 0.2) is 5.78 Å². The third-order valence-electron chi connectivity index (χ3n) is 1.65. The van der Waals surface area contributed by atoms with E-state index in [9.17, 15) is 9.59 Å². The van der Waals surface area contributed by atoms with Crippen molar-refractivity contribution in [2.45, 2.75) is 32.1 Å². The van der Waals surface area contributed by atoms with Gasteiger partial charge in [0.25, 0.3) is 0 Å². The summed E-state index contributed by atoms with van der Waals surface area (Å²) in [4.78, 5) is 21.9. The van der Waals surface area contributed by atoms with Crippen molar-refractivity contribution in [3.8, 4) is 0 Å². The lowest BCUT2D eigenvalue weighted by atomic mass is 10.0. The fourth-order valence-corrected chi connectivity index (χ4v) is 0.946. The molecule has 1 amide bonds. The Bertz CT molecular complexity index is 216. The lowest BCUT2D eigenvalue weighted by Gasteiger charge is -2.21. The maximum atomic E-state index is 11.3. The highest BCUT2D eigenvalue weighted by Crippen LogP contribution is 1.99. The van der Waals surface area contributed by atoms with E-state index in [0.29, 0.717) is 0 Å². The SMILES string of the molecule is CC(=O)N[C@@H](C(=O)[C@H](O)CO)[C@@H](C)O. The van der Waals surface area contributed by atoms with E-state index in [1.807, 2.05) is 0 Å². The number of carbonyl (C=O) groups excluding carboxylic acids is 2. The molecule has 0 aromatic rings. The molecule has 0 heterocycles. The maximum Gasteiger partial charge on any atom is 0.217 e. The van der Waals surface area contributed by atoms with Crippen molar-refractivity contribution in [2.24, 2.45) is 0 Å². The Morgan fingerprint density at radius 2 is 1.86 bits per heavy atom. The third-order valence-corrected chi connectivity index (χ3v) is 1.65. The summed E-state index contributed by atoms with van der Waals surface area (Å²) in [6.45, 7) is 1.76. The van der Waals surface area contributed by atoms with Crippen LogP contribution < -0.4 is 5.32 Å². The number of rotatable bonds is 5. The maximum absolute atomic E-state index is 11.3. The Morgan fingerprint density at radius 3 is 2.14 bits per heavy atom. The minimum absolute atomic E-state index is 0.491. The predicted molar refractivity (Wildman–Crippen MR) is 47.4 cm³/mol. The first-order chi connectivity index (χ1) is 6.40. The van der Waals surface area contributed by atoms with Crippen LogP contribution in [-0.4, -0.2) is 51.9 Å². The molecule has 0 saturated heterocycles. The smallest absolute Gasteiger partial charge is 0.217 e. The Balaban J connectivity index is 4.49.